The molecule has 156 valence electrons. The monoisotopic (exact) mass is 397 g/mol. The number of hydrogen-bond donors (Lipinski definition) is 0. The molecule has 0 N–H and O–H groups in total. The smallest absolute Gasteiger partial charge is 0.227 e. The van der Waals surface area contributed by atoms with Gasteiger partial charge in [-0.25, -0.2) is 4.39 Å². The Morgan fingerprint density at radius 2 is 1.59 bits per heavy atom. The molecular weight excluding hydrogens is 365 g/mol. The minimum absolute atomic E-state index is 0.136. The van der Waals surface area contributed by atoms with Gasteiger partial charge in [-0.2, -0.15) is 0 Å². The van der Waals surface area contributed by atoms with Gasteiger partial charge in [0.15, 0.2) is 0 Å². The largest absolute Gasteiger partial charge is 0.378 e. The predicted molar refractivity (Wildman–Crippen MR) is 118 cm³/mol. The van der Waals surface area contributed by atoms with Crippen LogP contribution < -0.4 is 9.80 Å². The lowest BCUT2D eigenvalue weighted by molar-refractivity contribution is -0.119. The highest BCUT2D eigenvalue weighted by Gasteiger charge is 2.28. The van der Waals surface area contributed by atoms with E-state index < -0.39 is 0 Å². The van der Waals surface area contributed by atoms with E-state index in [2.05, 4.69) is 34.1 Å². The standard InChI is InChI=1S/C24H32FN3O/c1-4-5-24(29)28(22-12-8-20(25)9-13-22)23-14-16-27(17-15-23)18-19-6-10-21(11-7-19)26(2)3/h6-13,23H,4-5,14-18H2,1-3H3. The Bertz CT molecular complexity index is 781. The van der Waals surface area contributed by atoms with Crippen molar-refractivity contribution in [3.05, 3.63) is 59.9 Å². The Morgan fingerprint density at radius 1 is 1.00 bits per heavy atom. The van der Waals surface area contributed by atoms with Gasteiger partial charge in [-0.05, 0) is 61.2 Å². The quantitative estimate of drug-likeness (QED) is 0.678. The van der Waals surface area contributed by atoms with Crippen molar-refractivity contribution in [2.24, 2.45) is 0 Å². The van der Waals surface area contributed by atoms with Crippen LogP contribution in [0.4, 0.5) is 15.8 Å². The lowest BCUT2D eigenvalue weighted by Gasteiger charge is -2.38. The summed E-state index contributed by atoms with van der Waals surface area (Å²) in [5.41, 5.74) is 3.32. The maximum Gasteiger partial charge on any atom is 0.227 e. The van der Waals surface area contributed by atoms with E-state index in [-0.39, 0.29) is 17.8 Å². The summed E-state index contributed by atoms with van der Waals surface area (Å²) < 4.78 is 13.4. The molecule has 0 spiro atoms. The van der Waals surface area contributed by atoms with Crippen LogP contribution in [0, 0.1) is 5.82 Å². The first-order chi connectivity index (χ1) is 14.0. The van der Waals surface area contributed by atoms with Gasteiger partial charge in [0, 0.05) is 57.6 Å². The molecule has 0 aliphatic carbocycles. The Labute approximate surface area is 173 Å². The highest BCUT2D eigenvalue weighted by molar-refractivity contribution is 5.93. The van der Waals surface area contributed by atoms with E-state index in [1.165, 1.54) is 23.4 Å². The van der Waals surface area contributed by atoms with Crippen molar-refractivity contribution in [2.75, 3.05) is 37.0 Å². The molecule has 0 radical (unpaired) electrons. The van der Waals surface area contributed by atoms with Gasteiger partial charge in [0.05, 0.1) is 0 Å². The number of rotatable bonds is 7. The Hall–Kier alpha value is -2.40. The molecule has 5 heteroatoms. The number of hydrogen-bond acceptors (Lipinski definition) is 3. The average molecular weight is 398 g/mol. The third-order valence-electron chi connectivity index (χ3n) is 5.62. The van der Waals surface area contributed by atoms with Crippen LogP contribution >= 0.6 is 0 Å². The van der Waals surface area contributed by atoms with E-state index in [9.17, 15) is 9.18 Å². The zero-order valence-corrected chi connectivity index (χ0v) is 17.8. The fourth-order valence-electron chi connectivity index (χ4n) is 3.99. The maximum atomic E-state index is 13.4. The summed E-state index contributed by atoms with van der Waals surface area (Å²) >= 11 is 0. The second-order valence-electron chi connectivity index (χ2n) is 8.06. The normalized spacial score (nSPS) is 15.3. The predicted octanol–water partition coefficient (Wildman–Crippen LogP) is 4.69. The van der Waals surface area contributed by atoms with Gasteiger partial charge in [-0.1, -0.05) is 19.1 Å². The van der Waals surface area contributed by atoms with E-state index in [4.69, 9.17) is 0 Å². The zero-order chi connectivity index (χ0) is 20.8. The van der Waals surface area contributed by atoms with Crippen LogP contribution in [0.2, 0.25) is 0 Å². The van der Waals surface area contributed by atoms with E-state index in [1.54, 1.807) is 12.1 Å². The molecule has 4 nitrogen and oxygen atoms in total. The molecule has 29 heavy (non-hydrogen) atoms. The van der Waals surface area contributed by atoms with Gasteiger partial charge >= 0.3 is 0 Å². The van der Waals surface area contributed by atoms with Gasteiger partial charge < -0.3 is 9.80 Å². The number of carbonyl (C=O) groups is 1. The first kappa shape index (κ1) is 21.3. The number of amides is 1. The van der Waals surface area contributed by atoms with Crippen molar-refractivity contribution in [3.63, 3.8) is 0 Å². The fourth-order valence-corrected chi connectivity index (χ4v) is 3.99. The summed E-state index contributed by atoms with van der Waals surface area (Å²) in [6.45, 7) is 4.86. The van der Waals surface area contributed by atoms with Crippen LogP contribution in [0.1, 0.15) is 38.2 Å². The molecule has 2 aromatic carbocycles. The molecule has 1 heterocycles. The second kappa shape index (κ2) is 9.88. The summed E-state index contributed by atoms with van der Waals surface area (Å²) in [5.74, 6) is -0.136. The van der Waals surface area contributed by atoms with E-state index in [1.807, 2.05) is 25.9 Å². The SMILES string of the molecule is CCCC(=O)N(c1ccc(F)cc1)C1CCN(Cc2ccc(N(C)C)cc2)CC1. The van der Waals surface area contributed by atoms with Crippen molar-refractivity contribution in [3.8, 4) is 0 Å². The lowest BCUT2D eigenvalue weighted by Crippen LogP contribution is -2.47. The molecular formula is C24H32FN3O. The molecule has 0 atom stereocenters. The van der Waals surface area contributed by atoms with Crippen molar-refractivity contribution >= 4 is 17.3 Å². The molecule has 1 saturated heterocycles. The molecule has 1 fully saturated rings. The highest BCUT2D eigenvalue weighted by Crippen LogP contribution is 2.26. The Balaban J connectivity index is 1.63. The molecule has 0 saturated carbocycles. The van der Waals surface area contributed by atoms with Crippen LogP contribution in [-0.2, 0) is 11.3 Å². The molecule has 0 aromatic heterocycles. The Morgan fingerprint density at radius 3 is 2.14 bits per heavy atom. The van der Waals surface area contributed by atoms with E-state index in [0.717, 1.165) is 44.6 Å². The van der Waals surface area contributed by atoms with Crippen LogP contribution in [-0.4, -0.2) is 44.0 Å². The number of nitrogens with zero attached hydrogens (tertiary/aromatic N) is 3. The second-order valence-corrected chi connectivity index (χ2v) is 8.06. The number of carbonyl (C=O) groups excluding carboxylic acids is 1. The number of anilines is 2. The van der Waals surface area contributed by atoms with Crippen molar-refractivity contribution in [1.82, 2.24) is 4.90 Å². The summed E-state index contributed by atoms with van der Waals surface area (Å²) in [4.78, 5) is 19.3. The first-order valence-electron chi connectivity index (χ1n) is 10.5. The maximum absolute atomic E-state index is 13.4. The number of likely N-dealkylation sites (tertiary alicyclic amines) is 1. The van der Waals surface area contributed by atoms with Crippen molar-refractivity contribution in [2.45, 2.75) is 45.2 Å². The van der Waals surface area contributed by atoms with Crippen LogP contribution in [0.15, 0.2) is 48.5 Å². The van der Waals surface area contributed by atoms with Crippen LogP contribution in [0.25, 0.3) is 0 Å². The molecule has 0 unspecified atom stereocenters. The van der Waals surface area contributed by atoms with Gasteiger partial charge in [0.25, 0.3) is 0 Å². The van der Waals surface area contributed by atoms with Gasteiger partial charge in [0.2, 0.25) is 5.91 Å². The number of benzene rings is 2. The fraction of sp³-hybridized carbons (Fsp3) is 0.458. The van der Waals surface area contributed by atoms with Crippen LogP contribution in [0.5, 0.6) is 0 Å². The molecule has 1 amide bonds. The summed E-state index contributed by atoms with van der Waals surface area (Å²) in [6, 6.07) is 15.2. The number of piperidine rings is 1. The minimum atomic E-state index is -0.272. The Kier molecular flexibility index (Phi) is 7.26. The third kappa shape index (κ3) is 5.57. The zero-order valence-electron chi connectivity index (χ0n) is 17.8. The van der Waals surface area contributed by atoms with Gasteiger partial charge in [-0.3, -0.25) is 9.69 Å². The third-order valence-corrected chi connectivity index (χ3v) is 5.62. The van der Waals surface area contributed by atoms with Gasteiger partial charge in [0.1, 0.15) is 5.82 Å². The molecule has 1 aliphatic rings. The highest BCUT2D eigenvalue weighted by atomic mass is 19.1. The van der Waals surface area contributed by atoms with Crippen LogP contribution in [0.3, 0.4) is 0 Å². The lowest BCUT2D eigenvalue weighted by atomic mass is 10.0. The average Bonchev–Trinajstić information content (AvgIpc) is 2.71. The van der Waals surface area contributed by atoms with E-state index in [0.29, 0.717) is 6.42 Å². The number of halogens is 1. The molecule has 0 bridgehead atoms. The summed E-state index contributed by atoms with van der Waals surface area (Å²) in [7, 11) is 4.10. The summed E-state index contributed by atoms with van der Waals surface area (Å²) in [6.07, 6.45) is 3.21. The van der Waals surface area contributed by atoms with Crippen molar-refractivity contribution in [1.29, 1.82) is 0 Å². The van der Waals surface area contributed by atoms with E-state index >= 15 is 0 Å². The molecule has 1 aliphatic heterocycles. The van der Waals surface area contributed by atoms with Gasteiger partial charge in [-0.15, -0.1) is 0 Å². The molecule has 3 rings (SSSR count). The first-order valence-corrected chi connectivity index (χ1v) is 10.5. The minimum Gasteiger partial charge on any atom is -0.378 e. The van der Waals surface area contributed by atoms with Crippen molar-refractivity contribution < 1.29 is 9.18 Å². The topological polar surface area (TPSA) is 26.8 Å². The summed E-state index contributed by atoms with van der Waals surface area (Å²) in [5, 5.41) is 0. The molecule has 2 aromatic rings.